The van der Waals surface area contributed by atoms with Crippen molar-refractivity contribution in [3.63, 3.8) is 0 Å². The van der Waals surface area contributed by atoms with Gasteiger partial charge < -0.3 is 30.5 Å². The number of ether oxygens (including phenoxy) is 2. The first-order chi connectivity index (χ1) is 23.5. The molecule has 261 valence electrons. The molecular formula is C31H25N5Na3O12S2. The van der Waals surface area contributed by atoms with Gasteiger partial charge in [-0.25, -0.2) is 4.79 Å². The number of nitrogen functional groups attached to an aromatic ring is 1. The topological polar surface area (TPSA) is 280 Å². The SMILES string of the molecule is COc1cc(-c2ccc(N=Nc3c(S(=O)(=O)O)cc4cc(S(=O)(=O)O)cc(N)c4c3O)c(OC)c2)ccc1N=Nc1ccc(O)c(C(=O)O)c1.[Na].[Na].[Na]. The predicted molar refractivity (Wildman–Crippen MR) is 195 cm³/mol. The Hall–Kier alpha value is -3.15. The summed E-state index contributed by atoms with van der Waals surface area (Å²) in [5.41, 5.74) is 6.30. The molecule has 0 amide bonds. The van der Waals surface area contributed by atoms with Gasteiger partial charge in [-0.15, -0.1) is 15.3 Å². The average Bonchev–Trinajstić information content (AvgIpc) is 3.06. The van der Waals surface area contributed by atoms with Crippen LogP contribution in [0.3, 0.4) is 0 Å². The van der Waals surface area contributed by atoms with Gasteiger partial charge in [-0.05, 0) is 77.2 Å². The maximum atomic E-state index is 12.3. The van der Waals surface area contributed by atoms with E-state index in [1.54, 1.807) is 30.3 Å². The number of nitrogens with zero attached hydrogens (tertiary/aromatic N) is 4. The number of carbonyl (C=O) groups is 1. The van der Waals surface area contributed by atoms with E-state index in [1.807, 2.05) is 0 Å². The molecule has 17 nitrogen and oxygen atoms in total. The quantitative estimate of drug-likeness (QED) is 0.0448. The number of phenols is 2. The Labute approximate surface area is 368 Å². The maximum absolute atomic E-state index is 12.3. The first-order valence-electron chi connectivity index (χ1n) is 13.8. The molecule has 22 heteroatoms. The minimum absolute atomic E-state index is 0. The molecule has 0 aliphatic heterocycles. The number of hydrogen-bond donors (Lipinski definition) is 6. The number of methoxy groups -OCH3 is 2. The van der Waals surface area contributed by atoms with Gasteiger partial charge in [-0.2, -0.15) is 21.9 Å². The molecule has 0 saturated carbocycles. The Morgan fingerprint density at radius 3 is 1.74 bits per heavy atom. The first-order valence-corrected chi connectivity index (χ1v) is 16.7. The minimum atomic E-state index is -5.07. The fourth-order valence-electron chi connectivity index (χ4n) is 4.79. The first kappa shape index (κ1) is 46.0. The van der Waals surface area contributed by atoms with E-state index in [9.17, 15) is 46.1 Å². The zero-order valence-electron chi connectivity index (χ0n) is 28.7. The number of rotatable bonds is 10. The van der Waals surface area contributed by atoms with E-state index in [4.69, 9.17) is 15.2 Å². The second-order valence-corrected chi connectivity index (χ2v) is 13.1. The number of hydrogen-bond acceptors (Lipinski definition) is 14. The van der Waals surface area contributed by atoms with Crippen molar-refractivity contribution in [3.05, 3.63) is 78.4 Å². The van der Waals surface area contributed by atoms with Crippen molar-refractivity contribution in [1.82, 2.24) is 0 Å². The van der Waals surface area contributed by atoms with Crippen LogP contribution < -0.4 is 15.2 Å². The number of azo groups is 2. The molecule has 5 aromatic carbocycles. The summed E-state index contributed by atoms with van der Waals surface area (Å²) in [6.07, 6.45) is 0. The molecular weight excluding hydrogens is 767 g/mol. The number of fused-ring (bicyclic) bond motifs is 1. The van der Waals surface area contributed by atoms with Crippen LogP contribution in [0.4, 0.5) is 28.4 Å². The van der Waals surface area contributed by atoms with Crippen LogP contribution in [0.2, 0.25) is 0 Å². The molecule has 5 aromatic rings. The number of carboxylic acid groups (broad SMARTS) is 1. The summed E-state index contributed by atoms with van der Waals surface area (Å²) in [7, 11) is -7.07. The predicted octanol–water partition coefficient (Wildman–Crippen LogP) is 5.40. The second kappa shape index (κ2) is 18.5. The van der Waals surface area contributed by atoms with Gasteiger partial charge in [0, 0.05) is 99.7 Å². The van der Waals surface area contributed by atoms with Crippen LogP contribution in [0, 0.1) is 0 Å². The number of nitrogens with two attached hydrogens (primary N) is 1. The molecule has 53 heavy (non-hydrogen) atoms. The molecule has 3 radical (unpaired) electrons. The zero-order chi connectivity index (χ0) is 36.5. The number of benzene rings is 5. The molecule has 0 aliphatic rings. The largest absolute Gasteiger partial charge is 0.507 e. The Morgan fingerprint density at radius 2 is 1.25 bits per heavy atom. The monoisotopic (exact) mass is 792 g/mol. The van der Waals surface area contributed by atoms with Crippen molar-refractivity contribution >= 4 is 154 Å². The second-order valence-electron chi connectivity index (χ2n) is 10.3. The molecule has 0 bridgehead atoms. The third-order valence-corrected chi connectivity index (χ3v) is 8.86. The van der Waals surface area contributed by atoms with Crippen molar-refractivity contribution in [2.45, 2.75) is 9.79 Å². The Bertz CT molecular complexity index is 2500. The molecule has 0 aromatic heterocycles. The summed E-state index contributed by atoms with van der Waals surface area (Å²) < 4.78 is 78.0. The van der Waals surface area contributed by atoms with Crippen LogP contribution in [-0.4, -0.2) is 150 Å². The van der Waals surface area contributed by atoms with Crippen LogP contribution in [0.1, 0.15) is 10.4 Å². The van der Waals surface area contributed by atoms with Gasteiger partial charge >= 0.3 is 5.97 Å². The smallest absolute Gasteiger partial charge is 0.339 e. The fourth-order valence-corrected chi connectivity index (χ4v) is 6.00. The number of aromatic hydroxyl groups is 2. The van der Waals surface area contributed by atoms with Crippen LogP contribution in [0.5, 0.6) is 23.0 Å². The number of aromatic carboxylic acids is 1. The normalized spacial score (nSPS) is 11.5. The number of anilines is 1. The average molecular weight is 793 g/mol. The van der Waals surface area contributed by atoms with E-state index in [-0.39, 0.29) is 128 Å². The molecule has 0 unspecified atom stereocenters. The number of carboxylic acids is 1. The van der Waals surface area contributed by atoms with Crippen LogP contribution in [0.25, 0.3) is 21.9 Å². The third-order valence-electron chi connectivity index (χ3n) is 7.16. The minimum Gasteiger partial charge on any atom is -0.507 e. The fraction of sp³-hybridized carbons (Fsp3) is 0.0645. The van der Waals surface area contributed by atoms with E-state index < -0.39 is 53.2 Å². The molecule has 7 N–H and O–H groups in total. The summed E-state index contributed by atoms with van der Waals surface area (Å²) >= 11 is 0. The Morgan fingerprint density at radius 1 is 0.698 bits per heavy atom. The summed E-state index contributed by atoms with van der Waals surface area (Å²) in [4.78, 5) is 9.70. The van der Waals surface area contributed by atoms with Gasteiger partial charge in [0.05, 0.1) is 24.8 Å². The van der Waals surface area contributed by atoms with Crippen molar-refractivity contribution < 1.29 is 55.5 Å². The standard InChI is InChI=1S/C31H25N5O12S2.3Na/c1-47-25-10-15(3-6-22(25)34-33-18-5-8-24(37)20(13-18)31(39)40)16-4-7-23(26(11-16)48-2)35-36-29-27(50(44,45)46)12-17-9-19(49(41,42)43)14-21(32)28(17)30(29)38;;;/h3-14,37-38H,32H2,1-2H3,(H,39,40)(H,41,42,43)(H,44,45,46);;;. The molecule has 0 aliphatic carbocycles. The zero-order valence-corrected chi connectivity index (χ0v) is 36.3. The molecule has 0 saturated heterocycles. The van der Waals surface area contributed by atoms with E-state index in [0.29, 0.717) is 22.6 Å². The Kier molecular flexibility index (Phi) is 16.0. The third kappa shape index (κ3) is 10.3. The molecule has 0 spiro atoms. The Balaban J connectivity index is 0.00000324. The van der Waals surface area contributed by atoms with Crippen molar-refractivity contribution in [1.29, 1.82) is 0 Å². The van der Waals surface area contributed by atoms with E-state index in [1.165, 1.54) is 32.4 Å². The van der Waals surface area contributed by atoms with Gasteiger partial charge in [0.1, 0.15) is 44.8 Å². The molecule has 0 fully saturated rings. The molecule has 0 heterocycles. The van der Waals surface area contributed by atoms with Crippen LogP contribution in [-0.2, 0) is 20.2 Å². The van der Waals surface area contributed by atoms with Crippen molar-refractivity contribution in [3.8, 4) is 34.1 Å². The van der Waals surface area contributed by atoms with E-state index in [2.05, 4.69) is 20.5 Å². The van der Waals surface area contributed by atoms with Gasteiger partial charge in [-0.1, -0.05) is 12.1 Å². The number of phenolic OH excluding ortho intramolecular Hbond substituents is 1. The van der Waals surface area contributed by atoms with E-state index in [0.717, 1.165) is 24.3 Å². The summed E-state index contributed by atoms with van der Waals surface area (Å²) in [5.74, 6) is -2.13. The summed E-state index contributed by atoms with van der Waals surface area (Å²) in [5, 5.41) is 45.5. The van der Waals surface area contributed by atoms with E-state index >= 15 is 0 Å². The molecule has 5 rings (SSSR count). The van der Waals surface area contributed by atoms with Gasteiger partial charge in [0.25, 0.3) is 20.2 Å². The van der Waals surface area contributed by atoms with Gasteiger partial charge in [0.2, 0.25) is 0 Å². The van der Waals surface area contributed by atoms with Crippen molar-refractivity contribution in [2.24, 2.45) is 20.5 Å². The van der Waals surface area contributed by atoms with Gasteiger partial charge in [-0.3, -0.25) is 9.11 Å². The molecule has 0 atom stereocenters. The summed E-state index contributed by atoms with van der Waals surface area (Å²) in [6, 6.07) is 15.9. The van der Waals surface area contributed by atoms with Crippen molar-refractivity contribution in [2.75, 3.05) is 20.0 Å². The van der Waals surface area contributed by atoms with Gasteiger partial charge in [0.15, 0.2) is 5.75 Å². The van der Waals surface area contributed by atoms with Crippen LogP contribution in [0.15, 0.2) is 103 Å². The maximum Gasteiger partial charge on any atom is 0.339 e. The summed E-state index contributed by atoms with van der Waals surface area (Å²) in [6.45, 7) is 0. The van der Waals surface area contributed by atoms with Crippen LogP contribution >= 0.6 is 0 Å².